The van der Waals surface area contributed by atoms with Gasteiger partial charge in [0.1, 0.15) is 6.23 Å². The molecule has 0 spiro atoms. The normalized spacial score (nSPS) is 12.8. The molecule has 0 saturated carbocycles. The van der Waals surface area contributed by atoms with Crippen LogP contribution in [0.2, 0.25) is 0 Å². The van der Waals surface area contributed by atoms with E-state index in [1.54, 1.807) is 26.0 Å². The minimum Gasteiger partial charge on any atom is -0.372 e. The molecule has 2 aromatic heterocycles. The van der Waals surface area contributed by atoms with Crippen LogP contribution in [0, 0.1) is 0 Å². The minimum atomic E-state index is -0.850. The van der Waals surface area contributed by atoms with Crippen molar-refractivity contribution in [3.05, 3.63) is 0 Å². The van der Waals surface area contributed by atoms with Crippen molar-refractivity contribution in [3.63, 3.8) is 0 Å². The summed E-state index contributed by atoms with van der Waals surface area (Å²) in [7, 11) is 3.55. The van der Waals surface area contributed by atoms with E-state index >= 15 is 0 Å². The van der Waals surface area contributed by atoms with Crippen LogP contribution >= 0.6 is 0 Å². The molecule has 0 amide bonds. The second-order valence-electron chi connectivity index (χ2n) is 3.32. The first-order valence-corrected chi connectivity index (χ1v) is 4.53. The molecular weight excluding hydrogens is 214 g/mol. The Kier molecular flexibility index (Phi) is 2.48. The predicted molar refractivity (Wildman–Crippen MR) is 51.6 cm³/mol. The summed E-state index contributed by atoms with van der Waals surface area (Å²) in [5.74, 6) is 0.657. The predicted octanol–water partition coefficient (Wildman–Crippen LogP) is -1.96. The van der Waals surface area contributed by atoms with Gasteiger partial charge in [-0.15, -0.1) is 15.0 Å². The lowest BCUT2D eigenvalue weighted by Gasteiger charge is -2.13. The Morgan fingerprint density at radius 2 is 1.75 bits per heavy atom. The molecule has 0 aromatic carbocycles. The molecule has 1 atom stereocenters. The molecule has 0 radical (unpaired) electrons. The summed E-state index contributed by atoms with van der Waals surface area (Å²) < 4.78 is 1.23. The standard InChI is InChI=1S/C6H11N9O/c1-4(16)14-5(7-9-11-14)6-8-10-12-15(6)13(2)3/h4,16H,1-3H3. The van der Waals surface area contributed by atoms with Gasteiger partial charge in [0, 0.05) is 14.1 Å². The number of aromatic nitrogens is 8. The summed E-state index contributed by atoms with van der Waals surface area (Å²) in [6.45, 7) is 1.55. The summed E-state index contributed by atoms with van der Waals surface area (Å²) in [4.78, 5) is 1.42. The molecule has 86 valence electrons. The molecule has 2 heterocycles. The van der Waals surface area contributed by atoms with Crippen molar-refractivity contribution in [1.29, 1.82) is 0 Å². The lowest BCUT2D eigenvalue weighted by Crippen LogP contribution is -2.28. The molecular formula is C6H11N9O. The second-order valence-corrected chi connectivity index (χ2v) is 3.32. The highest BCUT2D eigenvalue weighted by Gasteiger charge is 2.19. The van der Waals surface area contributed by atoms with Gasteiger partial charge in [0.05, 0.1) is 0 Å². The van der Waals surface area contributed by atoms with Crippen LogP contribution in [0.25, 0.3) is 11.6 Å². The Labute approximate surface area is 90.4 Å². The summed E-state index contributed by atoms with van der Waals surface area (Å²) >= 11 is 0. The third-order valence-corrected chi connectivity index (χ3v) is 1.88. The number of tetrazole rings is 2. The van der Waals surface area contributed by atoms with Gasteiger partial charge in [-0.25, -0.2) is 0 Å². The average Bonchev–Trinajstić information content (AvgIpc) is 2.85. The number of aliphatic hydroxyl groups excluding tert-OH is 1. The quantitative estimate of drug-likeness (QED) is 0.640. The third-order valence-electron chi connectivity index (χ3n) is 1.88. The molecule has 16 heavy (non-hydrogen) atoms. The highest BCUT2D eigenvalue weighted by molar-refractivity contribution is 5.41. The van der Waals surface area contributed by atoms with Crippen molar-refractivity contribution < 1.29 is 5.11 Å². The number of nitrogens with zero attached hydrogens (tertiary/aromatic N) is 9. The van der Waals surface area contributed by atoms with E-state index in [0.717, 1.165) is 0 Å². The van der Waals surface area contributed by atoms with E-state index in [0.29, 0.717) is 11.6 Å². The zero-order valence-corrected chi connectivity index (χ0v) is 9.05. The lowest BCUT2D eigenvalue weighted by atomic mass is 10.5. The fourth-order valence-electron chi connectivity index (χ4n) is 1.18. The van der Waals surface area contributed by atoms with Crippen LogP contribution < -0.4 is 5.01 Å². The molecule has 2 rings (SSSR count). The number of hydrogen-bond acceptors (Lipinski definition) is 8. The van der Waals surface area contributed by atoms with Crippen LogP contribution in [-0.2, 0) is 0 Å². The maximum Gasteiger partial charge on any atom is 0.243 e. The zero-order valence-electron chi connectivity index (χ0n) is 9.05. The minimum absolute atomic E-state index is 0.300. The number of hydrogen-bond donors (Lipinski definition) is 1. The molecule has 0 aliphatic carbocycles. The fourth-order valence-corrected chi connectivity index (χ4v) is 1.18. The van der Waals surface area contributed by atoms with Crippen LogP contribution in [0.1, 0.15) is 13.2 Å². The van der Waals surface area contributed by atoms with E-state index in [1.807, 2.05) is 0 Å². The van der Waals surface area contributed by atoms with Gasteiger partial charge in [0.25, 0.3) is 0 Å². The van der Waals surface area contributed by atoms with Crippen molar-refractivity contribution in [2.45, 2.75) is 13.2 Å². The molecule has 10 nitrogen and oxygen atoms in total. The smallest absolute Gasteiger partial charge is 0.243 e. The third kappa shape index (κ3) is 1.58. The highest BCUT2D eigenvalue weighted by atomic mass is 16.3. The van der Waals surface area contributed by atoms with Crippen molar-refractivity contribution in [1.82, 2.24) is 40.5 Å². The number of aliphatic hydroxyl groups is 1. The van der Waals surface area contributed by atoms with Crippen molar-refractivity contribution >= 4 is 0 Å². The first-order chi connectivity index (χ1) is 7.61. The van der Waals surface area contributed by atoms with Gasteiger partial charge < -0.3 is 5.11 Å². The van der Waals surface area contributed by atoms with E-state index in [2.05, 4.69) is 31.1 Å². The van der Waals surface area contributed by atoms with Crippen LogP contribution in [0.3, 0.4) is 0 Å². The number of rotatable bonds is 3. The maximum absolute atomic E-state index is 9.45. The molecule has 1 N–H and O–H groups in total. The Hall–Kier alpha value is -2.10. The van der Waals surface area contributed by atoms with E-state index < -0.39 is 6.23 Å². The SMILES string of the molecule is CC(O)n1nnnc1-c1nnnn1N(C)C. The molecule has 0 aliphatic heterocycles. The van der Waals surface area contributed by atoms with E-state index in [9.17, 15) is 5.11 Å². The van der Waals surface area contributed by atoms with Crippen LogP contribution in [0.15, 0.2) is 0 Å². The van der Waals surface area contributed by atoms with Crippen molar-refractivity contribution in [2.24, 2.45) is 0 Å². The first kappa shape index (κ1) is 10.4. The monoisotopic (exact) mass is 225 g/mol. The molecule has 0 aliphatic rings. The first-order valence-electron chi connectivity index (χ1n) is 4.53. The molecule has 0 fully saturated rings. The maximum atomic E-state index is 9.45. The zero-order chi connectivity index (χ0) is 11.7. The topological polar surface area (TPSA) is 111 Å². The molecule has 10 heteroatoms. The summed E-state index contributed by atoms with van der Waals surface area (Å²) in [6.07, 6.45) is -0.850. The van der Waals surface area contributed by atoms with Gasteiger partial charge in [-0.2, -0.15) is 4.68 Å². The van der Waals surface area contributed by atoms with Gasteiger partial charge in [0.2, 0.25) is 11.6 Å². The van der Waals surface area contributed by atoms with Gasteiger partial charge in [-0.1, -0.05) is 0 Å². The summed E-state index contributed by atoms with van der Waals surface area (Å²) in [5, 5.41) is 33.1. The van der Waals surface area contributed by atoms with Gasteiger partial charge in [-0.05, 0) is 27.8 Å². The Morgan fingerprint density at radius 1 is 1.12 bits per heavy atom. The molecule has 0 bridgehead atoms. The molecule has 2 aromatic rings. The molecule has 1 unspecified atom stereocenters. The Balaban J connectivity index is 2.50. The highest BCUT2D eigenvalue weighted by Crippen LogP contribution is 2.13. The van der Waals surface area contributed by atoms with E-state index in [4.69, 9.17) is 0 Å². The van der Waals surface area contributed by atoms with Crippen LogP contribution in [0.4, 0.5) is 0 Å². The fraction of sp³-hybridized carbons (Fsp3) is 0.667. The second kappa shape index (κ2) is 3.81. The van der Waals surface area contributed by atoms with E-state index in [1.165, 1.54) is 9.47 Å². The summed E-state index contributed by atoms with van der Waals surface area (Å²) in [5.41, 5.74) is 0. The average molecular weight is 225 g/mol. The van der Waals surface area contributed by atoms with Gasteiger partial charge >= 0.3 is 0 Å². The van der Waals surface area contributed by atoms with Crippen molar-refractivity contribution in [2.75, 3.05) is 19.1 Å². The molecule has 0 saturated heterocycles. The summed E-state index contributed by atoms with van der Waals surface area (Å²) in [6, 6.07) is 0. The van der Waals surface area contributed by atoms with Crippen LogP contribution in [-0.4, -0.2) is 59.7 Å². The lowest BCUT2D eigenvalue weighted by molar-refractivity contribution is 0.110. The van der Waals surface area contributed by atoms with Crippen LogP contribution in [0.5, 0.6) is 0 Å². The van der Waals surface area contributed by atoms with Gasteiger partial charge in [-0.3, -0.25) is 5.01 Å². The Morgan fingerprint density at radius 3 is 2.38 bits per heavy atom. The largest absolute Gasteiger partial charge is 0.372 e. The van der Waals surface area contributed by atoms with E-state index in [-0.39, 0.29) is 0 Å². The van der Waals surface area contributed by atoms with Gasteiger partial charge in [0.15, 0.2) is 0 Å². The van der Waals surface area contributed by atoms with Crippen molar-refractivity contribution in [3.8, 4) is 11.6 Å². The Bertz CT molecular complexity index is 428.